The second kappa shape index (κ2) is 9.33. The average Bonchev–Trinajstić information content (AvgIpc) is 3.24. The third kappa shape index (κ3) is 4.98. The summed E-state index contributed by atoms with van der Waals surface area (Å²) in [5.74, 6) is -0.362. The molecule has 2 heterocycles. The number of nitrogens with zero attached hydrogens (tertiary/aromatic N) is 3. The lowest BCUT2D eigenvalue weighted by molar-refractivity contribution is -0.114. The third-order valence-corrected chi connectivity index (χ3v) is 5.60. The van der Waals surface area contributed by atoms with Gasteiger partial charge < -0.3 is 5.32 Å². The van der Waals surface area contributed by atoms with Crippen LogP contribution in [0.3, 0.4) is 0 Å². The van der Waals surface area contributed by atoms with E-state index < -0.39 is 5.91 Å². The molecule has 0 saturated heterocycles. The predicted octanol–water partition coefficient (Wildman–Crippen LogP) is 4.39. The van der Waals surface area contributed by atoms with Gasteiger partial charge in [-0.15, -0.1) is 11.3 Å². The fourth-order valence-electron chi connectivity index (χ4n) is 3.42. The molecule has 9 heteroatoms. The number of rotatable bonds is 6. The molecule has 0 unspecified atom stereocenters. The van der Waals surface area contributed by atoms with Crippen molar-refractivity contribution in [3.05, 3.63) is 70.0 Å². The molecule has 0 aliphatic rings. The lowest BCUT2D eigenvalue weighted by atomic mass is 10.1. The minimum Gasteiger partial charge on any atom is -0.326 e. The summed E-state index contributed by atoms with van der Waals surface area (Å²) >= 11 is 1.30. The number of carbonyl (C=O) groups excluding carboxylic acids is 2. The van der Waals surface area contributed by atoms with Crippen LogP contribution in [0.15, 0.2) is 58.7 Å². The van der Waals surface area contributed by atoms with Crippen LogP contribution < -0.4 is 16.2 Å². The molecule has 0 bridgehead atoms. The van der Waals surface area contributed by atoms with E-state index in [2.05, 4.69) is 20.7 Å². The molecule has 2 amide bonds. The van der Waals surface area contributed by atoms with Crippen molar-refractivity contribution in [1.29, 1.82) is 0 Å². The highest BCUT2D eigenvalue weighted by Gasteiger charge is 2.18. The lowest BCUT2D eigenvalue weighted by Crippen LogP contribution is -2.29. The van der Waals surface area contributed by atoms with Crippen molar-refractivity contribution in [1.82, 2.24) is 14.8 Å². The summed E-state index contributed by atoms with van der Waals surface area (Å²) in [5.41, 5.74) is 2.23. The van der Waals surface area contributed by atoms with Gasteiger partial charge in [0.25, 0.3) is 11.5 Å². The maximum atomic E-state index is 13.1. The summed E-state index contributed by atoms with van der Waals surface area (Å²) in [6.07, 6.45) is 0. The highest BCUT2D eigenvalue weighted by atomic mass is 32.1. The van der Waals surface area contributed by atoms with Crippen molar-refractivity contribution in [2.24, 2.45) is 5.92 Å². The maximum absolute atomic E-state index is 13.1. The molecule has 168 valence electrons. The van der Waals surface area contributed by atoms with Crippen molar-refractivity contribution in [3.63, 3.8) is 0 Å². The first kappa shape index (κ1) is 22.3. The zero-order valence-corrected chi connectivity index (χ0v) is 19.3. The van der Waals surface area contributed by atoms with Crippen molar-refractivity contribution in [2.75, 3.05) is 10.6 Å². The monoisotopic (exact) mass is 461 g/mol. The van der Waals surface area contributed by atoms with Gasteiger partial charge in [-0.3, -0.25) is 19.7 Å². The largest absolute Gasteiger partial charge is 0.326 e. The number of amides is 2. The highest BCUT2D eigenvalue weighted by molar-refractivity contribution is 7.14. The van der Waals surface area contributed by atoms with Crippen LogP contribution in [0.25, 0.3) is 22.0 Å². The van der Waals surface area contributed by atoms with Gasteiger partial charge in [0.05, 0.1) is 11.1 Å². The summed E-state index contributed by atoms with van der Waals surface area (Å²) in [4.78, 5) is 41.6. The molecule has 0 aliphatic carbocycles. The smallest absolute Gasteiger partial charge is 0.278 e. The molecular formula is C24H23N5O3S. The van der Waals surface area contributed by atoms with Crippen LogP contribution in [0.2, 0.25) is 0 Å². The maximum Gasteiger partial charge on any atom is 0.278 e. The Morgan fingerprint density at radius 2 is 1.73 bits per heavy atom. The van der Waals surface area contributed by atoms with Gasteiger partial charge in [0.2, 0.25) is 5.91 Å². The SMILES string of the molecule is CC(=O)Nc1ccc(-c2csc(NC(=O)c3nn(CC(C)C)c(=O)c4ccccc34)n2)cc1. The van der Waals surface area contributed by atoms with E-state index in [1.54, 1.807) is 36.4 Å². The van der Waals surface area contributed by atoms with E-state index in [0.29, 0.717) is 33.8 Å². The lowest BCUT2D eigenvalue weighted by Gasteiger charge is -2.12. The fourth-order valence-corrected chi connectivity index (χ4v) is 4.13. The quantitative estimate of drug-likeness (QED) is 0.443. The summed E-state index contributed by atoms with van der Waals surface area (Å²) in [7, 11) is 0. The highest BCUT2D eigenvalue weighted by Crippen LogP contribution is 2.26. The minimum absolute atomic E-state index is 0.137. The van der Waals surface area contributed by atoms with E-state index in [4.69, 9.17) is 0 Å². The summed E-state index contributed by atoms with van der Waals surface area (Å²) in [6, 6.07) is 14.3. The Labute approximate surface area is 194 Å². The Kier molecular flexibility index (Phi) is 6.32. The standard InChI is InChI=1S/C24H23N5O3S/c1-14(2)12-29-23(32)19-7-5-4-6-18(19)21(28-29)22(31)27-24-26-20(13-33-24)16-8-10-17(11-9-16)25-15(3)30/h4-11,13-14H,12H2,1-3H3,(H,25,30)(H,26,27,31). The first-order chi connectivity index (χ1) is 15.8. The van der Waals surface area contributed by atoms with E-state index in [-0.39, 0.29) is 23.1 Å². The van der Waals surface area contributed by atoms with Crippen LogP contribution in [0.1, 0.15) is 31.3 Å². The van der Waals surface area contributed by atoms with E-state index >= 15 is 0 Å². The second-order valence-electron chi connectivity index (χ2n) is 8.03. The second-order valence-corrected chi connectivity index (χ2v) is 8.88. The molecular weight excluding hydrogens is 438 g/mol. The Morgan fingerprint density at radius 1 is 1.03 bits per heavy atom. The molecule has 33 heavy (non-hydrogen) atoms. The number of aromatic nitrogens is 3. The van der Waals surface area contributed by atoms with E-state index in [1.165, 1.54) is 22.9 Å². The summed E-state index contributed by atoms with van der Waals surface area (Å²) in [5, 5.41) is 13.1. The van der Waals surface area contributed by atoms with Gasteiger partial charge >= 0.3 is 0 Å². The average molecular weight is 462 g/mol. The van der Waals surface area contributed by atoms with Crippen LogP contribution in [0.5, 0.6) is 0 Å². The van der Waals surface area contributed by atoms with Crippen molar-refractivity contribution >= 4 is 44.7 Å². The molecule has 4 aromatic rings. The molecule has 8 nitrogen and oxygen atoms in total. The molecule has 0 aliphatic heterocycles. The number of hydrogen-bond acceptors (Lipinski definition) is 6. The van der Waals surface area contributed by atoms with E-state index in [9.17, 15) is 14.4 Å². The van der Waals surface area contributed by atoms with Gasteiger partial charge in [-0.2, -0.15) is 5.10 Å². The van der Waals surface area contributed by atoms with Gasteiger partial charge in [-0.05, 0) is 24.1 Å². The van der Waals surface area contributed by atoms with Crippen molar-refractivity contribution < 1.29 is 9.59 Å². The first-order valence-corrected chi connectivity index (χ1v) is 11.3. The van der Waals surface area contributed by atoms with Gasteiger partial charge in [-0.25, -0.2) is 9.67 Å². The summed E-state index contributed by atoms with van der Waals surface area (Å²) < 4.78 is 1.35. The molecule has 0 atom stereocenters. The van der Waals surface area contributed by atoms with Gasteiger partial charge in [0.1, 0.15) is 0 Å². The summed E-state index contributed by atoms with van der Waals surface area (Å²) in [6.45, 7) is 5.85. The Hall–Kier alpha value is -3.85. The van der Waals surface area contributed by atoms with Gasteiger partial charge in [-0.1, -0.05) is 44.2 Å². The molecule has 0 fully saturated rings. The Balaban J connectivity index is 1.60. The van der Waals surface area contributed by atoms with Gasteiger partial charge in [0.15, 0.2) is 10.8 Å². The molecule has 0 saturated carbocycles. The van der Waals surface area contributed by atoms with Crippen LogP contribution in [-0.4, -0.2) is 26.6 Å². The number of thiazole rings is 1. The Bertz CT molecular complexity index is 1390. The van der Waals surface area contributed by atoms with Crippen molar-refractivity contribution in [2.45, 2.75) is 27.3 Å². The third-order valence-electron chi connectivity index (χ3n) is 4.85. The molecule has 2 aromatic heterocycles. The number of nitrogens with one attached hydrogen (secondary N) is 2. The number of benzene rings is 2. The predicted molar refractivity (Wildman–Crippen MR) is 131 cm³/mol. The molecule has 4 rings (SSSR count). The molecule has 0 spiro atoms. The number of anilines is 2. The topological polar surface area (TPSA) is 106 Å². The van der Waals surface area contributed by atoms with E-state index in [0.717, 1.165) is 5.56 Å². The molecule has 2 aromatic carbocycles. The van der Waals surface area contributed by atoms with Crippen LogP contribution in [-0.2, 0) is 11.3 Å². The van der Waals surface area contributed by atoms with E-state index in [1.807, 2.05) is 31.4 Å². The number of carbonyl (C=O) groups is 2. The first-order valence-electron chi connectivity index (χ1n) is 10.5. The zero-order valence-electron chi connectivity index (χ0n) is 18.5. The van der Waals surface area contributed by atoms with Crippen molar-refractivity contribution in [3.8, 4) is 11.3 Å². The van der Waals surface area contributed by atoms with Crippen LogP contribution >= 0.6 is 11.3 Å². The molecule has 0 radical (unpaired) electrons. The molecule has 2 N–H and O–H groups in total. The Morgan fingerprint density at radius 3 is 2.39 bits per heavy atom. The fraction of sp³-hybridized carbons (Fsp3) is 0.208. The number of fused-ring (bicyclic) bond motifs is 1. The minimum atomic E-state index is -0.425. The van der Waals surface area contributed by atoms with Crippen LogP contribution in [0, 0.1) is 5.92 Å². The van der Waals surface area contributed by atoms with Gasteiger partial charge in [0, 0.05) is 35.5 Å². The zero-order chi connectivity index (χ0) is 23.5. The van der Waals surface area contributed by atoms with Crippen LogP contribution in [0.4, 0.5) is 10.8 Å². The normalized spacial score (nSPS) is 11.0. The number of hydrogen-bond donors (Lipinski definition) is 2.